The van der Waals surface area contributed by atoms with Crippen LogP contribution in [0.4, 0.5) is 8.78 Å². The third-order valence-corrected chi connectivity index (χ3v) is 9.07. The second-order valence-corrected chi connectivity index (χ2v) is 14.3. The SMILES string of the molecule is C=COS(=O)(=O)c1ccc(C)cc1.Cc1ccc(S(=O)(=O)Cl)cc1.Cc1ccc(S(=O)(=O)OC2CC2(F)F)cc1.S.S=S. The van der Waals surface area contributed by atoms with Gasteiger partial charge in [-0.2, -0.15) is 30.3 Å². The summed E-state index contributed by atoms with van der Waals surface area (Å²) in [5.41, 5.74) is 2.89. The first-order valence-corrected chi connectivity index (χ1v) is 18.0. The van der Waals surface area contributed by atoms with Gasteiger partial charge in [0.05, 0.1) is 16.1 Å². The lowest BCUT2D eigenvalue weighted by atomic mass is 10.2. The molecular weight excluding hydrogens is 706 g/mol. The van der Waals surface area contributed by atoms with E-state index in [0.717, 1.165) is 23.0 Å². The predicted octanol–water partition coefficient (Wildman–Crippen LogP) is 5.98. The molecule has 0 radical (unpaired) electrons. The zero-order chi connectivity index (χ0) is 32.4. The van der Waals surface area contributed by atoms with Crippen LogP contribution >= 0.6 is 24.2 Å². The van der Waals surface area contributed by atoms with Gasteiger partial charge in [0.25, 0.3) is 25.1 Å². The maximum absolute atomic E-state index is 12.5. The number of rotatable bonds is 7. The van der Waals surface area contributed by atoms with Crippen molar-refractivity contribution < 1.29 is 42.4 Å². The summed E-state index contributed by atoms with van der Waals surface area (Å²) < 4.78 is 101. The Hall–Kier alpha value is -2.05. The van der Waals surface area contributed by atoms with Crippen LogP contribution in [0.5, 0.6) is 0 Å². The smallest absolute Gasteiger partial charge is 0.338 e. The number of hydrogen-bond donors (Lipinski definition) is 0. The summed E-state index contributed by atoms with van der Waals surface area (Å²) in [5.74, 6) is -3.00. The normalized spacial score (nSPS) is 14.9. The molecule has 43 heavy (non-hydrogen) atoms. The van der Waals surface area contributed by atoms with Crippen LogP contribution in [0.1, 0.15) is 23.1 Å². The zero-order valence-corrected chi connectivity index (χ0v) is 28.8. The average Bonchev–Trinajstić information content (AvgIpc) is 3.50. The van der Waals surface area contributed by atoms with Crippen LogP contribution in [0.2, 0.25) is 0 Å². The molecule has 0 aliphatic heterocycles. The Kier molecular flexibility index (Phi) is 16.6. The molecule has 0 N–H and O–H groups in total. The molecule has 1 saturated carbocycles. The Balaban J connectivity index is 0.000000601. The van der Waals surface area contributed by atoms with Crippen LogP contribution in [-0.2, 0) is 60.0 Å². The topological polar surface area (TPSA) is 121 Å². The summed E-state index contributed by atoms with van der Waals surface area (Å²) in [6.07, 6.45) is -1.13. The second-order valence-electron chi connectivity index (χ2n) is 8.60. The van der Waals surface area contributed by atoms with Gasteiger partial charge in [-0.25, -0.2) is 17.2 Å². The molecule has 0 bridgehead atoms. The lowest BCUT2D eigenvalue weighted by Crippen LogP contribution is -2.12. The summed E-state index contributed by atoms with van der Waals surface area (Å²) in [7, 11) is -6.17. The Morgan fingerprint density at radius 2 is 1.05 bits per heavy atom. The molecule has 4 rings (SSSR count). The van der Waals surface area contributed by atoms with E-state index in [0.29, 0.717) is 0 Å². The summed E-state index contributed by atoms with van der Waals surface area (Å²) in [4.78, 5) is 0.184. The fourth-order valence-corrected chi connectivity index (χ4v) is 5.38. The molecule has 0 aromatic heterocycles. The molecule has 1 atom stereocenters. The molecule has 0 amide bonds. The van der Waals surface area contributed by atoms with Crippen molar-refractivity contribution in [2.45, 2.75) is 53.9 Å². The third-order valence-electron chi connectivity index (χ3n) is 5.13. The highest BCUT2D eigenvalue weighted by Crippen LogP contribution is 2.45. The van der Waals surface area contributed by atoms with Gasteiger partial charge in [0, 0.05) is 39.5 Å². The Bertz CT molecular complexity index is 1650. The molecule has 0 heterocycles. The maximum Gasteiger partial charge on any atom is 0.338 e. The lowest BCUT2D eigenvalue weighted by Gasteiger charge is -2.04. The lowest BCUT2D eigenvalue weighted by molar-refractivity contribution is 0.0686. The molecule has 1 unspecified atom stereocenters. The monoisotopic (exact) mass is 734 g/mol. The van der Waals surface area contributed by atoms with Crippen LogP contribution in [0.25, 0.3) is 0 Å². The van der Waals surface area contributed by atoms with Crippen molar-refractivity contribution in [1.29, 1.82) is 0 Å². The minimum atomic E-state index is -4.06. The summed E-state index contributed by atoms with van der Waals surface area (Å²) in [5, 5.41) is 0. The fraction of sp³-hybridized carbons (Fsp3) is 0.231. The van der Waals surface area contributed by atoms with Crippen molar-refractivity contribution in [2.75, 3.05) is 0 Å². The largest absolute Gasteiger partial charge is 0.388 e. The van der Waals surface area contributed by atoms with Crippen LogP contribution in [-0.4, -0.2) is 37.3 Å². The van der Waals surface area contributed by atoms with Crippen LogP contribution in [0, 0.1) is 20.8 Å². The predicted molar refractivity (Wildman–Crippen MR) is 172 cm³/mol. The first kappa shape index (κ1) is 41.0. The van der Waals surface area contributed by atoms with Gasteiger partial charge in [-0.15, -0.1) is 0 Å². The van der Waals surface area contributed by atoms with Gasteiger partial charge in [0.15, 0.2) is 0 Å². The minimum Gasteiger partial charge on any atom is -0.388 e. The Morgan fingerprint density at radius 1 is 0.744 bits per heavy atom. The van der Waals surface area contributed by atoms with E-state index < -0.39 is 47.7 Å². The maximum atomic E-state index is 12.5. The molecule has 3 aromatic carbocycles. The third kappa shape index (κ3) is 14.1. The van der Waals surface area contributed by atoms with Crippen LogP contribution in [0.15, 0.2) is 100 Å². The number of halogens is 3. The number of aryl methyl sites for hydroxylation is 3. The van der Waals surface area contributed by atoms with Crippen molar-refractivity contribution in [3.63, 3.8) is 0 Å². The van der Waals surface area contributed by atoms with Crippen LogP contribution in [0.3, 0.4) is 0 Å². The highest BCUT2D eigenvalue weighted by Gasteiger charge is 2.60. The molecule has 0 saturated heterocycles. The molecule has 0 spiro atoms. The minimum absolute atomic E-state index is 0. The van der Waals surface area contributed by atoms with Crippen molar-refractivity contribution in [3.8, 4) is 0 Å². The van der Waals surface area contributed by atoms with Gasteiger partial charge >= 0.3 is 10.1 Å². The van der Waals surface area contributed by atoms with E-state index in [4.69, 9.17) is 10.7 Å². The second kappa shape index (κ2) is 17.4. The summed E-state index contributed by atoms with van der Waals surface area (Å²) in [6, 6.07) is 18.6. The first-order chi connectivity index (χ1) is 19.4. The quantitative estimate of drug-likeness (QED) is 0.163. The number of alkyl halides is 2. The van der Waals surface area contributed by atoms with Gasteiger partial charge in [0.2, 0.25) is 0 Å². The van der Waals surface area contributed by atoms with Crippen molar-refractivity contribution in [3.05, 3.63) is 102 Å². The molecule has 238 valence electrons. The highest BCUT2D eigenvalue weighted by molar-refractivity contribution is 8.13. The van der Waals surface area contributed by atoms with E-state index in [1.54, 1.807) is 43.3 Å². The van der Waals surface area contributed by atoms with Crippen molar-refractivity contribution >= 4 is 75.8 Å². The number of hydrogen-bond acceptors (Lipinski definition) is 10. The average molecular weight is 735 g/mol. The van der Waals surface area contributed by atoms with Gasteiger partial charge in [-0.3, -0.25) is 4.18 Å². The van der Waals surface area contributed by atoms with E-state index in [9.17, 15) is 34.0 Å². The van der Waals surface area contributed by atoms with E-state index in [-0.39, 0.29) is 28.2 Å². The van der Waals surface area contributed by atoms with E-state index >= 15 is 0 Å². The standard InChI is InChI=1S/C10H10F2O3S.C9H10O3S.C7H7ClO2S.S2.H2S/c1-7-2-4-8(5-3-7)16(13,14)15-9-6-10(9,11)12;1-3-12-13(10,11)9-6-4-8(2)5-7-9;1-6-2-4-7(5-3-6)11(8,9)10;1-2;/h2-5,9H,6H2,1H3;3-7H,1H2,2H3;2-5H,1H3;;1H2. The van der Waals surface area contributed by atoms with Gasteiger partial charge in [0.1, 0.15) is 11.0 Å². The fourth-order valence-electron chi connectivity index (χ4n) is 2.76. The first-order valence-electron chi connectivity index (χ1n) is 11.5. The molecule has 17 heteroatoms. The molecule has 1 aliphatic rings. The van der Waals surface area contributed by atoms with Crippen molar-refractivity contribution in [2.24, 2.45) is 0 Å². The molecule has 3 aromatic rings. The van der Waals surface area contributed by atoms with E-state index in [2.05, 4.69) is 37.3 Å². The summed E-state index contributed by atoms with van der Waals surface area (Å²) >= 11 is 7.33. The van der Waals surface area contributed by atoms with Crippen LogP contribution < -0.4 is 0 Å². The molecular formula is C26H29ClF2O8S6. The molecule has 8 nitrogen and oxygen atoms in total. The zero-order valence-electron chi connectivity index (χ0n) is 22.9. The van der Waals surface area contributed by atoms with Gasteiger partial charge < -0.3 is 4.18 Å². The Morgan fingerprint density at radius 3 is 1.33 bits per heavy atom. The van der Waals surface area contributed by atoms with Gasteiger partial charge in [-0.05, 0) is 57.2 Å². The Labute approximate surface area is 272 Å². The molecule has 1 fully saturated rings. The highest BCUT2D eigenvalue weighted by atomic mass is 35.7. The molecule has 1 aliphatic carbocycles. The van der Waals surface area contributed by atoms with E-state index in [1.807, 2.05) is 13.8 Å². The van der Waals surface area contributed by atoms with E-state index in [1.165, 1.54) is 36.4 Å². The van der Waals surface area contributed by atoms with Crippen molar-refractivity contribution in [1.82, 2.24) is 0 Å². The van der Waals surface area contributed by atoms with Gasteiger partial charge in [-0.1, -0.05) is 59.7 Å². The summed E-state index contributed by atoms with van der Waals surface area (Å²) in [6.45, 7) is 8.74. The number of benzene rings is 3.